The van der Waals surface area contributed by atoms with Crippen molar-refractivity contribution in [3.63, 3.8) is 0 Å². The van der Waals surface area contributed by atoms with Crippen LogP contribution < -0.4 is 21.5 Å². The summed E-state index contributed by atoms with van der Waals surface area (Å²) in [5.41, 5.74) is 4.87. The zero-order valence-electron chi connectivity index (χ0n) is 17.7. The summed E-state index contributed by atoms with van der Waals surface area (Å²) in [5.74, 6) is 1.07. The highest BCUT2D eigenvalue weighted by molar-refractivity contribution is 5.92. The molecule has 1 aliphatic rings. The summed E-state index contributed by atoms with van der Waals surface area (Å²) >= 11 is 0. The van der Waals surface area contributed by atoms with E-state index < -0.39 is 17.8 Å². The van der Waals surface area contributed by atoms with E-state index in [9.17, 15) is 18.0 Å². The molecule has 0 radical (unpaired) electrons. The Kier molecular flexibility index (Phi) is 5.68. The Labute approximate surface area is 182 Å². The van der Waals surface area contributed by atoms with Gasteiger partial charge in [0.15, 0.2) is 5.82 Å². The first-order valence-corrected chi connectivity index (χ1v) is 10.2. The fourth-order valence-corrected chi connectivity index (χ4v) is 3.75. The number of H-pyrrole nitrogens is 1. The molecule has 1 saturated heterocycles. The van der Waals surface area contributed by atoms with E-state index >= 15 is 0 Å². The maximum absolute atomic E-state index is 13.2. The molecule has 0 saturated carbocycles. The number of nitrogens with two attached hydrogens (primary N) is 1. The number of rotatable bonds is 4. The fraction of sp³-hybridized carbons (Fsp3) is 0.381. The average Bonchev–Trinajstić information content (AvgIpc) is 2.75. The Hall–Kier alpha value is -3.34. The Balaban J connectivity index is 1.68. The number of aromatic amines is 1. The van der Waals surface area contributed by atoms with Gasteiger partial charge in [-0.1, -0.05) is 0 Å². The molecule has 1 fully saturated rings. The molecule has 0 spiro atoms. The Bertz CT molecular complexity index is 1190. The number of aromatic nitrogens is 3. The Morgan fingerprint density at radius 1 is 1.12 bits per heavy atom. The molecular weight excluding hydrogens is 423 g/mol. The van der Waals surface area contributed by atoms with E-state index in [1.54, 1.807) is 13.0 Å². The molecule has 3 heterocycles. The highest BCUT2D eigenvalue weighted by Gasteiger charge is 2.31. The monoisotopic (exact) mass is 447 g/mol. The van der Waals surface area contributed by atoms with Crippen LogP contribution >= 0.6 is 0 Å². The summed E-state index contributed by atoms with van der Waals surface area (Å²) in [7, 11) is 2.05. The average molecular weight is 447 g/mol. The lowest BCUT2D eigenvalue weighted by Gasteiger charge is -2.33. The molecule has 4 rings (SSSR count). The number of hydrogen-bond acceptors (Lipinski definition) is 7. The van der Waals surface area contributed by atoms with Gasteiger partial charge < -0.3 is 20.9 Å². The zero-order chi connectivity index (χ0) is 23.0. The van der Waals surface area contributed by atoms with Crippen molar-refractivity contribution in [1.29, 1.82) is 0 Å². The highest BCUT2D eigenvalue weighted by Crippen LogP contribution is 2.34. The second-order valence-corrected chi connectivity index (χ2v) is 8.03. The van der Waals surface area contributed by atoms with E-state index in [-0.39, 0.29) is 11.2 Å². The van der Waals surface area contributed by atoms with Crippen molar-refractivity contribution in [1.82, 2.24) is 20.1 Å². The first-order chi connectivity index (χ1) is 15.1. The van der Waals surface area contributed by atoms with Gasteiger partial charge in [0.1, 0.15) is 5.82 Å². The lowest BCUT2D eigenvalue weighted by atomic mass is 10.0. The highest BCUT2D eigenvalue weighted by atomic mass is 19.4. The van der Waals surface area contributed by atoms with E-state index in [1.807, 2.05) is 0 Å². The van der Waals surface area contributed by atoms with Crippen LogP contribution in [0.5, 0.6) is 0 Å². The first-order valence-electron chi connectivity index (χ1n) is 10.2. The maximum atomic E-state index is 13.2. The number of hydrogen-bond donors (Lipinski definition) is 3. The number of likely N-dealkylation sites (N-methyl/N-ethyl adjacent to an activating group) is 1. The molecule has 1 aliphatic heterocycles. The van der Waals surface area contributed by atoms with E-state index in [0.717, 1.165) is 44.1 Å². The topological polar surface area (TPSA) is 103 Å². The molecule has 32 heavy (non-hydrogen) atoms. The second-order valence-electron chi connectivity index (χ2n) is 8.03. The van der Waals surface area contributed by atoms with Crippen molar-refractivity contribution >= 4 is 28.1 Å². The number of anilines is 3. The van der Waals surface area contributed by atoms with Gasteiger partial charge in [-0.15, -0.1) is 0 Å². The first kappa shape index (κ1) is 21.9. The third kappa shape index (κ3) is 4.47. The molecular formula is C21H24F3N7O. The summed E-state index contributed by atoms with van der Waals surface area (Å²) in [6.07, 6.45) is -3.00. The minimum atomic E-state index is -4.50. The number of fused-ring (bicyclic) bond motifs is 1. The summed E-state index contributed by atoms with van der Waals surface area (Å²) in [6, 6.07) is 4.68. The third-order valence-corrected chi connectivity index (χ3v) is 5.64. The molecule has 0 unspecified atom stereocenters. The van der Waals surface area contributed by atoms with Gasteiger partial charge in [-0.3, -0.25) is 4.79 Å². The van der Waals surface area contributed by atoms with Crippen LogP contribution in [-0.2, 0) is 6.18 Å². The number of nitrogens with zero attached hydrogens (tertiary/aromatic N) is 4. The number of pyridine rings is 1. The quantitative estimate of drug-likeness (QED) is 0.529. The smallest absolute Gasteiger partial charge is 0.399 e. The van der Waals surface area contributed by atoms with E-state index in [4.69, 9.17) is 5.73 Å². The van der Waals surface area contributed by atoms with Crippen LogP contribution in [0.2, 0.25) is 0 Å². The molecule has 0 amide bonds. The molecule has 1 atom stereocenters. The summed E-state index contributed by atoms with van der Waals surface area (Å²) < 4.78 is 39.6. The predicted molar refractivity (Wildman–Crippen MR) is 118 cm³/mol. The number of benzene rings is 1. The lowest BCUT2D eigenvalue weighted by molar-refractivity contribution is -0.137. The Morgan fingerprint density at radius 3 is 2.53 bits per heavy atom. The van der Waals surface area contributed by atoms with Crippen LogP contribution in [-0.4, -0.2) is 53.3 Å². The maximum Gasteiger partial charge on any atom is 0.416 e. The van der Waals surface area contributed by atoms with Crippen molar-refractivity contribution in [2.75, 3.05) is 49.2 Å². The summed E-state index contributed by atoms with van der Waals surface area (Å²) in [4.78, 5) is 21.1. The van der Waals surface area contributed by atoms with Crippen LogP contribution in [0, 0.1) is 0 Å². The van der Waals surface area contributed by atoms with Crippen LogP contribution in [0.3, 0.4) is 0 Å². The van der Waals surface area contributed by atoms with Gasteiger partial charge in [0, 0.05) is 43.4 Å². The zero-order valence-corrected chi connectivity index (χ0v) is 17.7. The lowest BCUT2D eigenvalue weighted by Crippen LogP contribution is -2.44. The normalized spacial score (nSPS) is 16.3. The molecule has 4 N–H and O–H groups in total. The largest absolute Gasteiger partial charge is 0.416 e. The standard InChI is InChI=1S/C21H24F3N7O/c1-12(13-7-14(21(22,23)24)9-15(25)8-13)27-19-16-10-18(31-5-3-30(2)4-6-31)26-11-17(16)20(32)29-28-19/h7-12H,3-6,25H2,1-2H3,(H,27,28)(H,29,32)/t12-/m1/s1. The molecule has 8 nitrogen and oxygen atoms in total. The van der Waals surface area contributed by atoms with Crippen molar-refractivity contribution in [3.8, 4) is 0 Å². The van der Waals surface area contributed by atoms with Gasteiger partial charge in [0.2, 0.25) is 0 Å². The number of nitrogens with one attached hydrogen (secondary N) is 2. The third-order valence-electron chi connectivity index (χ3n) is 5.64. The summed E-state index contributed by atoms with van der Waals surface area (Å²) in [5, 5.41) is 10.5. The molecule has 2 aromatic heterocycles. The minimum Gasteiger partial charge on any atom is -0.399 e. The van der Waals surface area contributed by atoms with Gasteiger partial charge >= 0.3 is 6.18 Å². The van der Waals surface area contributed by atoms with E-state index in [0.29, 0.717) is 22.2 Å². The molecule has 0 bridgehead atoms. The van der Waals surface area contributed by atoms with E-state index in [1.165, 1.54) is 12.3 Å². The van der Waals surface area contributed by atoms with Gasteiger partial charge in [0.25, 0.3) is 5.56 Å². The number of halogens is 3. The molecule has 0 aliphatic carbocycles. The van der Waals surface area contributed by atoms with Crippen LogP contribution in [0.1, 0.15) is 24.1 Å². The molecule has 170 valence electrons. The minimum absolute atomic E-state index is 0.0179. The molecule has 11 heteroatoms. The van der Waals surface area contributed by atoms with Crippen molar-refractivity contribution in [3.05, 3.63) is 51.9 Å². The number of alkyl halides is 3. The summed E-state index contributed by atoms with van der Waals surface area (Å²) in [6.45, 7) is 5.09. The number of nitrogen functional groups attached to an aromatic ring is 1. The second kappa shape index (κ2) is 8.30. The molecule has 3 aromatic rings. The SMILES string of the molecule is C[C@@H](Nc1n[nH]c(=O)c2cnc(N3CCN(C)CC3)cc12)c1cc(N)cc(C(F)(F)F)c1. The van der Waals surface area contributed by atoms with Gasteiger partial charge in [-0.25, -0.2) is 10.1 Å². The van der Waals surface area contributed by atoms with Crippen molar-refractivity contribution in [2.24, 2.45) is 0 Å². The fourth-order valence-electron chi connectivity index (χ4n) is 3.75. The Morgan fingerprint density at radius 2 is 1.84 bits per heavy atom. The van der Waals surface area contributed by atoms with Gasteiger partial charge in [-0.05, 0) is 43.8 Å². The van der Waals surface area contributed by atoms with Crippen molar-refractivity contribution in [2.45, 2.75) is 19.1 Å². The molecule has 1 aromatic carbocycles. The van der Waals surface area contributed by atoms with Gasteiger partial charge in [-0.2, -0.15) is 18.3 Å². The van der Waals surface area contributed by atoms with Gasteiger partial charge in [0.05, 0.1) is 17.0 Å². The van der Waals surface area contributed by atoms with E-state index in [2.05, 4.69) is 37.3 Å². The van der Waals surface area contributed by atoms with Crippen LogP contribution in [0.25, 0.3) is 10.8 Å². The number of piperazine rings is 1. The van der Waals surface area contributed by atoms with Crippen LogP contribution in [0.15, 0.2) is 35.3 Å². The predicted octanol–water partition coefficient (Wildman–Crippen LogP) is 2.84. The van der Waals surface area contributed by atoms with Crippen LogP contribution in [0.4, 0.5) is 30.5 Å². The van der Waals surface area contributed by atoms with Crippen molar-refractivity contribution < 1.29 is 13.2 Å².